The Morgan fingerprint density at radius 1 is 1.35 bits per heavy atom. The molecule has 0 fully saturated rings. The van der Waals surface area contributed by atoms with E-state index in [0.717, 1.165) is 12.1 Å². The monoisotopic (exact) mass is 301 g/mol. The average Bonchev–Trinajstić information content (AvgIpc) is 2.39. The minimum absolute atomic E-state index is 0.234. The predicted molar refractivity (Wildman–Crippen MR) is 81.6 cm³/mol. The molecule has 0 amide bonds. The molecule has 2 N–H and O–H groups in total. The minimum atomic E-state index is -0.551. The minimum Gasteiger partial charge on any atom is -0.491 e. The highest BCUT2D eigenvalue weighted by Gasteiger charge is 2.06. The van der Waals surface area contributed by atoms with Crippen LogP contribution in [0, 0.1) is 6.92 Å². The Morgan fingerprint density at radius 2 is 2.10 bits per heavy atom. The van der Waals surface area contributed by atoms with E-state index >= 15 is 0 Å². The molecule has 1 atom stereocenters. The standard InChI is InChI=1S/C15H24ClNO3/c1-11(2)19-7-6-17-9-13(18)10-20-14-4-5-15(16)12(3)8-14/h4-5,8,11,13,17-18H,6-7,9-10H2,1-3H3. The molecule has 4 nitrogen and oxygen atoms in total. The fourth-order valence-electron chi connectivity index (χ4n) is 1.59. The van der Waals surface area contributed by atoms with Gasteiger partial charge < -0.3 is 19.9 Å². The topological polar surface area (TPSA) is 50.7 Å². The van der Waals surface area contributed by atoms with Crippen LogP contribution in [0.3, 0.4) is 0 Å². The number of aryl methyl sites for hydroxylation is 1. The van der Waals surface area contributed by atoms with E-state index in [0.29, 0.717) is 23.9 Å². The number of nitrogens with one attached hydrogen (secondary N) is 1. The van der Waals surface area contributed by atoms with Crippen molar-refractivity contribution in [1.29, 1.82) is 0 Å². The Kier molecular flexibility index (Phi) is 7.92. The Morgan fingerprint density at radius 3 is 2.75 bits per heavy atom. The average molecular weight is 302 g/mol. The van der Waals surface area contributed by atoms with Gasteiger partial charge in [0, 0.05) is 18.1 Å². The van der Waals surface area contributed by atoms with Crippen LogP contribution >= 0.6 is 11.6 Å². The molecule has 0 aliphatic rings. The molecular weight excluding hydrogens is 278 g/mol. The molecule has 0 aliphatic carbocycles. The lowest BCUT2D eigenvalue weighted by atomic mass is 10.2. The van der Waals surface area contributed by atoms with Gasteiger partial charge in [-0.2, -0.15) is 0 Å². The van der Waals surface area contributed by atoms with Crippen molar-refractivity contribution in [2.75, 3.05) is 26.3 Å². The molecule has 0 saturated heterocycles. The summed E-state index contributed by atoms with van der Waals surface area (Å²) in [7, 11) is 0. The second kappa shape index (κ2) is 9.19. The molecule has 114 valence electrons. The zero-order valence-electron chi connectivity index (χ0n) is 12.4. The Balaban J connectivity index is 2.16. The van der Waals surface area contributed by atoms with Crippen molar-refractivity contribution >= 4 is 11.6 Å². The first-order chi connectivity index (χ1) is 9.49. The summed E-state index contributed by atoms with van der Waals surface area (Å²) in [5, 5.41) is 13.6. The van der Waals surface area contributed by atoms with E-state index in [1.807, 2.05) is 26.8 Å². The third kappa shape index (κ3) is 7.10. The molecule has 5 heteroatoms. The van der Waals surface area contributed by atoms with Gasteiger partial charge in [-0.15, -0.1) is 0 Å². The normalized spacial score (nSPS) is 12.7. The van der Waals surface area contributed by atoms with Gasteiger partial charge in [0.1, 0.15) is 18.5 Å². The van der Waals surface area contributed by atoms with Crippen LogP contribution in [0.25, 0.3) is 0 Å². The fraction of sp³-hybridized carbons (Fsp3) is 0.600. The van der Waals surface area contributed by atoms with Gasteiger partial charge in [0.25, 0.3) is 0 Å². The van der Waals surface area contributed by atoms with Crippen molar-refractivity contribution in [3.63, 3.8) is 0 Å². The van der Waals surface area contributed by atoms with E-state index in [4.69, 9.17) is 21.1 Å². The van der Waals surface area contributed by atoms with Gasteiger partial charge in [-0.05, 0) is 44.5 Å². The molecule has 0 aliphatic heterocycles. The third-order valence-electron chi connectivity index (χ3n) is 2.68. The van der Waals surface area contributed by atoms with Crippen LogP contribution in [0.1, 0.15) is 19.4 Å². The SMILES string of the molecule is Cc1cc(OCC(O)CNCCOC(C)C)ccc1Cl. The molecule has 20 heavy (non-hydrogen) atoms. The van der Waals surface area contributed by atoms with Gasteiger partial charge in [0.2, 0.25) is 0 Å². The lowest BCUT2D eigenvalue weighted by Crippen LogP contribution is -2.33. The Hall–Kier alpha value is -0.810. The number of hydrogen-bond donors (Lipinski definition) is 2. The summed E-state index contributed by atoms with van der Waals surface area (Å²) in [5.41, 5.74) is 0.961. The van der Waals surface area contributed by atoms with Gasteiger partial charge >= 0.3 is 0 Å². The number of ether oxygens (including phenoxy) is 2. The molecule has 0 bridgehead atoms. The third-order valence-corrected chi connectivity index (χ3v) is 3.11. The predicted octanol–water partition coefficient (Wildman–Crippen LogP) is 2.40. The summed E-state index contributed by atoms with van der Waals surface area (Å²) in [6.45, 7) is 8.00. The van der Waals surface area contributed by atoms with E-state index < -0.39 is 6.10 Å². The largest absolute Gasteiger partial charge is 0.491 e. The molecule has 1 aromatic carbocycles. The second-order valence-corrected chi connectivity index (χ2v) is 5.41. The fourth-order valence-corrected chi connectivity index (χ4v) is 1.71. The lowest BCUT2D eigenvalue weighted by molar-refractivity contribution is 0.0735. The molecule has 0 radical (unpaired) electrons. The van der Waals surface area contributed by atoms with E-state index in [9.17, 15) is 5.11 Å². The number of halogens is 1. The van der Waals surface area contributed by atoms with Crippen molar-refractivity contribution in [1.82, 2.24) is 5.32 Å². The maximum atomic E-state index is 9.79. The van der Waals surface area contributed by atoms with Gasteiger partial charge in [-0.3, -0.25) is 0 Å². The first-order valence-corrected chi connectivity index (χ1v) is 7.26. The Bertz CT molecular complexity index is 399. The molecule has 1 unspecified atom stereocenters. The molecular formula is C15H24ClNO3. The van der Waals surface area contributed by atoms with Gasteiger partial charge in [-0.1, -0.05) is 11.6 Å². The van der Waals surface area contributed by atoms with Gasteiger partial charge in [0.05, 0.1) is 12.7 Å². The number of rotatable bonds is 9. The summed E-state index contributed by atoms with van der Waals surface area (Å²) < 4.78 is 10.9. The van der Waals surface area contributed by atoms with Crippen LogP contribution in [0.15, 0.2) is 18.2 Å². The molecule has 0 spiro atoms. The lowest BCUT2D eigenvalue weighted by Gasteiger charge is -2.14. The van der Waals surface area contributed by atoms with Crippen LogP contribution in [0.5, 0.6) is 5.75 Å². The maximum Gasteiger partial charge on any atom is 0.119 e. The zero-order valence-corrected chi connectivity index (χ0v) is 13.1. The second-order valence-electron chi connectivity index (χ2n) is 5.00. The molecule has 1 rings (SSSR count). The Labute approximate surface area is 126 Å². The number of aliphatic hydroxyl groups excluding tert-OH is 1. The number of benzene rings is 1. The van der Waals surface area contributed by atoms with Crippen molar-refractivity contribution in [3.05, 3.63) is 28.8 Å². The number of aliphatic hydroxyl groups is 1. The van der Waals surface area contributed by atoms with Crippen LogP contribution in [0.2, 0.25) is 5.02 Å². The van der Waals surface area contributed by atoms with Gasteiger partial charge in [-0.25, -0.2) is 0 Å². The van der Waals surface area contributed by atoms with Crippen molar-refractivity contribution < 1.29 is 14.6 Å². The van der Waals surface area contributed by atoms with E-state index in [2.05, 4.69) is 5.32 Å². The van der Waals surface area contributed by atoms with Crippen molar-refractivity contribution in [2.45, 2.75) is 33.0 Å². The highest BCUT2D eigenvalue weighted by atomic mass is 35.5. The molecule has 0 aromatic heterocycles. The highest BCUT2D eigenvalue weighted by molar-refractivity contribution is 6.31. The van der Waals surface area contributed by atoms with Gasteiger partial charge in [0.15, 0.2) is 0 Å². The highest BCUT2D eigenvalue weighted by Crippen LogP contribution is 2.20. The smallest absolute Gasteiger partial charge is 0.119 e. The number of hydrogen-bond acceptors (Lipinski definition) is 4. The summed E-state index contributed by atoms with van der Waals surface area (Å²) >= 11 is 5.94. The van der Waals surface area contributed by atoms with Crippen LogP contribution in [-0.4, -0.2) is 43.6 Å². The molecule has 0 saturated carbocycles. The zero-order chi connectivity index (χ0) is 15.0. The van der Waals surface area contributed by atoms with Crippen LogP contribution in [-0.2, 0) is 4.74 Å². The van der Waals surface area contributed by atoms with Crippen LogP contribution < -0.4 is 10.1 Å². The maximum absolute atomic E-state index is 9.79. The van der Waals surface area contributed by atoms with E-state index in [-0.39, 0.29) is 12.7 Å². The summed E-state index contributed by atoms with van der Waals surface area (Å²) in [6, 6.07) is 5.45. The van der Waals surface area contributed by atoms with Crippen molar-refractivity contribution in [2.24, 2.45) is 0 Å². The summed E-state index contributed by atoms with van der Waals surface area (Å²) in [6.07, 6.45) is -0.316. The first kappa shape index (κ1) is 17.2. The summed E-state index contributed by atoms with van der Waals surface area (Å²) in [4.78, 5) is 0. The quantitative estimate of drug-likeness (QED) is 0.688. The van der Waals surface area contributed by atoms with Crippen LogP contribution in [0.4, 0.5) is 0 Å². The first-order valence-electron chi connectivity index (χ1n) is 6.88. The summed E-state index contributed by atoms with van der Waals surface area (Å²) in [5.74, 6) is 0.717. The van der Waals surface area contributed by atoms with Crippen molar-refractivity contribution in [3.8, 4) is 5.75 Å². The molecule has 0 heterocycles. The van der Waals surface area contributed by atoms with E-state index in [1.54, 1.807) is 12.1 Å². The molecule has 1 aromatic rings. The van der Waals surface area contributed by atoms with E-state index in [1.165, 1.54) is 0 Å².